The Morgan fingerprint density at radius 1 is 1.45 bits per heavy atom. The van der Waals surface area contributed by atoms with Crippen LogP contribution in [0.2, 0.25) is 5.02 Å². The fraction of sp³-hybridized carbons (Fsp3) is 0.467. The van der Waals surface area contributed by atoms with E-state index in [1.807, 2.05) is 0 Å². The maximum absolute atomic E-state index is 14.9. The van der Waals surface area contributed by atoms with Gasteiger partial charge in [-0.3, -0.25) is 0 Å². The first kappa shape index (κ1) is 13.9. The van der Waals surface area contributed by atoms with Crippen LogP contribution >= 0.6 is 11.6 Å². The van der Waals surface area contributed by atoms with Gasteiger partial charge in [-0.15, -0.1) is 0 Å². The minimum atomic E-state index is -1.54. The number of ether oxygens (including phenoxy) is 1. The van der Waals surface area contributed by atoms with Gasteiger partial charge in [-0.1, -0.05) is 11.6 Å². The van der Waals surface area contributed by atoms with Crippen LogP contribution in [0.1, 0.15) is 19.1 Å². The second-order valence-electron chi connectivity index (χ2n) is 5.42. The number of hydrogen-bond acceptors (Lipinski definition) is 3. The molecule has 0 saturated carbocycles. The number of hydrogen-bond donors (Lipinski definition) is 1. The molecular weight excluding hydrogens is 281 g/mol. The first-order valence-corrected chi connectivity index (χ1v) is 7.12. The van der Waals surface area contributed by atoms with Gasteiger partial charge in [0.05, 0.1) is 13.2 Å². The zero-order valence-corrected chi connectivity index (χ0v) is 12.0. The fourth-order valence-electron chi connectivity index (χ4n) is 2.59. The van der Waals surface area contributed by atoms with Crippen molar-refractivity contribution < 1.29 is 13.5 Å². The molecular formula is C15H17ClFNO2. The number of rotatable bonds is 3. The molecule has 1 N–H and O–H groups in total. The van der Waals surface area contributed by atoms with Crippen molar-refractivity contribution in [3.05, 3.63) is 35.0 Å². The summed E-state index contributed by atoms with van der Waals surface area (Å²) in [6.45, 7) is 3.52. The van der Waals surface area contributed by atoms with Crippen LogP contribution in [0, 0.1) is 0 Å². The molecule has 0 aliphatic carbocycles. The number of halogens is 2. The zero-order chi connectivity index (χ0) is 14.2. The monoisotopic (exact) mass is 297 g/mol. The van der Waals surface area contributed by atoms with Crippen LogP contribution in [-0.4, -0.2) is 25.8 Å². The van der Waals surface area contributed by atoms with Gasteiger partial charge in [0.2, 0.25) is 0 Å². The number of morpholine rings is 1. The van der Waals surface area contributed by atoms with Crippen LogP contribution in [0.5, 0.6) is 0 Å². The molecule has 0 amide bonds. The van der Waals surface area contributed by atoms with Crippen molar-refractivity contribution >= 4 is 22.6 Å². The van der Waals surface area contributed by atoms with Crippen molar-refractivity contribution in [2.24, 2.45) is 0 Å². The van der Waals surface area contributed by atoms with E-state index in [0.717, 1.165) is 11.9 Å². The van der Waals surface area contributed by atoms with Gasteiger partial charge in [-0.25, -0.2) is 4.39 Å². The van der Waals surface area contributed by atoms with Crippen LogP contribution in [0.15, 0.2) is 28.7 Å². The smallest absolute Gasteiger partial charge is 0.167 e. The molecule has 0 radical (unpaired) electrons. The topological polar surface area (TPSA) is 34.4 Å². The lowest BCUT2D eigenvalue weighted by molar-refractivity contribution is 0.0413. The summed E-state index contributed by atoms with van der Waals surface area (Å²) in [5, 5.41) is 4.70. The minimum Gasteiger partial charge on any atom is -0.458 e. The van der Waals surface area contributed by atoms with Crippen molar-refractivity contribution in [3.63, 3.8) is 0 Å². The Bertz CT molecular complexity index is 605. The summed E-state index contributed by atoms with van der Waals surface area (Å²) < 4.78 is 25.9. The fourth-order valence-corrected chi connectivity index (χ4v) is 2.77. The van der Waals surface area contributed by atoms with E-state index in [4.69, 9.17) is 20.8 Å². The Hall–Kier alpha value is -1.10. The Kier molecular flexibility index (Phi) is 3.71. The summed E-state index contributed by atoms with van der Waals surface area (Å²) >= 11 is 5.94. The average molecular weight is 298 g/mol. The van der Waals surface area contributed by atoms with Crippen molar-refractivity contribution in [2.45, 2.75) is 25.1 Å². The van der Waals surface area contributed by atoms with Gasteiger partial charge in [-0.05, 0) is 31.2 Å². The number of benzene rings is 1. The van der Waals surface area contributed by atoms with Crippen LogP contribution < -0.4 is 5.32 Å². The molecule has 1 fully saturated rings. The molecule has 3 nitrogen and oxygen atoms in total. The van der Waals surface area contributed by atoms with Crippen molar-refractivity contribution in [3.8, 4) is 0 Å². The molecule has 2 atom stereocenters. The highest BCUT2D eigenvalue weighted by Gasteiger charge is 2.34. The predicted octanol–water partition coefficient (Wildman–Crippen LogP) is 3.65. The van der Waals surface area contributed by atoms with Crippen LogP contribution in [0.4, 0.5) is 4.39 Å². The molecule has 1 aliphatic rings. The maximum atomic E-state index is 14.9. The standard InChI is InChI=1S/C15H17ClFNO2/c1-15(17,8-12-9-19-5-4-18-12)14-7-10-6-11(16)2-3-13(10)20-14/h2-3,6-7,12,18H,4-5,8-9H2,1H3. The molecule has 20 heavy (non-hydrogen) atoms. The van der Waals surface area contributed by atoms with Crippen LogP contribution in [0.25, 0.3) is 11.0 Å². The van der Waals surface area contributed by atoms with Crippen molar-refractivity contribution in [2.75, 3.05) is 19.8 Å². The highest BCUT2D eigenvalue weighted by atomic mass is 35.5. The molecule has 108 valence electrons. The molecule has 1 saturated heterocycles. The molecule has 1 aromatic heterocycles. The molecule has 2 heterocycles. The van der Waals surface area contributed by atoms with E-state index >= 15 is 0 Å². The Morgan fingerprint density at radius 2 is 2.30 bits per heavy atom. The van der Waals surface area contributed by atoms with Gasteiger partial charge < -0.3 is 14.5 Å². The first-order chi connectivity index (χ1) is 9.54. The summed E-state index contributed by atoms with van der Waals surface area (Å²) in [5.74, 6) is 0.335. The van der Waals surface area contributed by atoms with E-state index < -0.39 is 5.67 Å². The Morgan fingerprint density at radius 3 is 3.05 bits per heavy atom. The van der Waals surface area contributed by atoms with Gasteiger partial charge >= 0.3 is 0 Å². The van der Waals surface area contributed by atoms with Crippen LogP contribution in [0.3, 0.4) is 0 Å². The van der Waals surface area contributed by atoms with E-state index in [9.17, 15) is 4.39 Å². The van der Waals surface area contributed by atoms with Crippen molar-refractivity contribution in [1.82, 2.24) is 5.32 Å². The molecule has 1 aliphatic heterocycles. The predicted molar refractivity (Wildman–Crippen MR) is 76.9 cm³/mol. The van der Waals surface area contributed by atoms with Gasteiger partial charge in [0.15, 0.2) is 5.67 Å². The summed E-state index contributed by atoms with van der Waals surface area (Å²) in [4.78, 5) is 0. The maximum Gasteiger partial charge on any atom is 0.167 e. The average Bonchev–Trinajstić information content (AvgIpc) is 2.83. The molecule has 0 spiro atoms. The summed E-state index contributed by atoms with van der Waals surface area (Å²) in [6, 6.07) is 7.02. The number of nitrogens with one attached hydrogen (secondary N) is 1. The molecule has 2 aromatic rings. The second-order valence-corrected chi connectivity index (χ2v) is 5.86. The lowest BCUT2D eigenvalue weighted by Gasteiger charge is -2.28. The zero-order valence-electron chi connectivity index (χ0n) is 11.3. The first-order valence-electron chi connectivity index (χ1n) is 6.74. The third-order valence-electron chi connectivity index (χ3n) is 3.62. The van der Waals surface area contributed by atoms with E-state index in [2.05, 4.69) is 5.32 Å². The van der Waals surface area contributed by atoms with E-state index in [1.165, 1.54) is 0 Å². The van der Waals surface area contributed by atoms with Gasteiger partial charge in [0.25, 0.3) is 0 Å². The highest BCUT2D eigenvalue weighted by molar-refractivity contribution is 6.31. The van der Waals surface area contributed by atoms with Gasteiger partial charge in [0.1, 0.15) is 11.3 Å². The third kappa shape index (κ3) is 2.82. The molecule has 0 bridgehead atoms. The Labute approximate surface area is 122 Å². The summed E-state index contributed by atoms with van der Waals surface area (Å²) in [6.07, 6.45) is 0.320. The largest absolute Gasteiger partial charge is 0.458 e. The lowest BCUT2D eigenvalue weighted by atomic mass is 9.95. The molecule has 1 aromatic carbocycles. The molecule has 5 heteroatoms. The number of alkyl halides is 1. The Balaban J connectivity index is 1.83. The van der Waals surface area contributed by atoms with E-state index in [-0.39, 0.29) is 6.04 Å². The third-order valence-corrected chi connectivity index (χ3v) is 3.86. The van der Waals surface area contributed by atoms with E-state index in [1.54, 1.807) is 31.2 Å². The highest BCUT2D eigenvalue weighted by Crippen LogP contribution is 2.35. The van der Waals surface area contributed by atoms with E-state index in [0.29, 0.717) is 36.0 Å². The van der Waals surface area contributed by atoms with Gasteiger partial charge in [0, 0.05) is 29.4 Å². The minimum absolute atomic E-state index is 0.00977. The quantitative estimate of drug-likeness (QED) is 0.939. The lowest BCUT2D eigenvalue weighted by Crippen LogP contribution is -2.44. The normalized spacial score (nSPS) is 22.9. The van der Waals surface area contributed by atoms with Crippen LogP contribution in [-0.2, 0) is 10.4 Å². The van der Waals surface area contributed by atoms with Gasteiger partial charge in [-0.2, -0.15) is 0 Å². The molecule has 3 rings (SSSR count). The number of fused-ring (bicyclic) bond motifs is 1. The van der Waals surface area contributed by atoms with Crippen molar-refractivity contribution in [1.29, 1.82) is 0 Å². The molecule has 2 unspecified atom stereocenters. The summed E-state index contributed by atoms with van der Waals surface area (Å²) in [7, 11) is 0. The second kappa shape index (κ2) is 5.35. The number of furan rings is 1. The SMILES string of the molecule is CC(F)(CC1COCCN1)c1cc2cc(Cl)ccc2o1. The summed E-state index contributed by atoms with van der Waals surface area (Å²) in [5.41, 5.74) is -0.884.